The number of aromatic nitrogens is 3. The Morgan fingerprint density at radius 3 is 2.48 bits per heavy atom. The van der Waals surface area contributed by atoms with E-state index in [2.05, 4.69) is 24.1 Å². The minimum Gasteiger partial charge on any atom is -0.314 e. The van der Waals surface area contributed by atoms with Crippen molar-refractivity contribution in [2.24, 2.45) is 0 Å². The highest BCUT2D eigenvalue weighted by atomic mass is 14.9. The van der Waals surface area contributed by atoms with Crippen LogP contribution in [0.5, 0.6) is 0 Å². The van der Waals surface area contributed by atoms with E-state index in [4.69, 9.17) is 9.97 Å². The molecule has 4 nitrogen and oxygen atoms in total. The summed E-state index contributed by atoms with van der Waals surface area (Å²) in [6, 6.07) is 2.74. The Labute approximate surface area is 126 Å². The molecule has 4 heteroatoms. The average molecular weight is 282 g/mol. The van der Waals surface area contributed by atoms with Crippen molar-refractivity contribution in [3.8, 4) is 11.4 Å². The molecule has 1 aliphatic rings. The van der Waals surface area contributed by atoms with Crippen LogP contribution in [0.1, 0.15) is 35.4 Å². The molecule has 0 radical (unpaired) electrons. The quantitative estimate of drug-likeness (QED) is 0.916. The van der Waals surface area contributed by atoms with Gasteiger partial charge in [-0.3, -0.25) is 4.98 Å². The van der Waals surface area contributed by atoms with Crippen LogP contribution in [0, 0.1) is 20.8 Å². The third-order valence-corrected chi connectivity index (χ3v) is 4.07. The zero-order valence-corrected chi connectivity index (χ0v) is 13.0. The number of rotatable bonds is 5. The number of pyridine rings is 1. The SMILES string of the molecule is Cc1cnccc1-c1nc(C)c(CCNC2CC2)c(C)n1. The molecule has 0 spiro atoms. The number of nitrogens with zero attached hydrogens (tertiary/aromatic N) is 3. The van der Waals surface area contributed by atoms with E-state index in [0.29, 0.717) is 0 Å². The summed E-state index contributed by atoms with van der Waals surface area (Å²) >= 11 is 0. The molecule has 1 N–H and O–H groups in total. The summed E-state index contributed by atoms with van der Waals surface area (Å²) in [4.78, 5) is 13.6. The van der Waals surface area contributed by atoms with Gasteiger partial charge in [-0.1, -0.05) is 0 Å². The first-order chi connectivity index (χ1) is 10.1. The second-order valence-corrected chi connectivity index (χ2v) is 5.87. The first-order valence-electron chi connectivity index (χ1n) is 7.63. The molecule has 1 aliphatic carbocycles. The van der Waals surface area contributed by atoms with Crippen LogP contribution in [-0.2, 0) is 6.42 Å². The van der Waals surface area contributed by atoms with E-state index in [1.165, 1.54) is 18.4 Å². The van der Waals surface area contributed by atoms with Gasteiger partial charge in [-0.15, -0.1) is 0 Å². The van der Waals surface area contributed by atoms with Gasteiger partial charge in [0.15, 0.2) is 5.82 Å². The molecule has 110 valence electrons. The Morgan fingerprint density at radius 1 is 1.14 bits per heavy atom. The van der Waals surface area contributed by atoms with Crippen molar-refractivity contribution in [1.82, 2.24) is 20.3 Å². The van der Waals surface area contributed by atoms with Gasteiger partial charge in [-0.25, -0.2) is 9.97 Å². The minimum absolute atomic E-state index is 0.755. The van der Waals surface area contributed by atoms with E-state index in [1.807, 2.05) is 19.2 Å². The Hall–Kier alpha value is -1.81. The van der Waals surface area contributed by atoms with E-state index in [-0.39, 0.29) is 0 Å². The molecule has 2 aromatic rings. The van der Waals surface area contributed by atoms with Crippen LogP contribution in [0.4, 0.5) is 0 Å². The highest BCUT2D eigenvalue weighted by Crippen LogP contribution is 2.22. The van der Waals surface area contributed by atoms with Gasteiger partial charge in [-0.05, 0) is 63.8 Å². The van der Waals surface area contributed by atoms with E-state index in [1.54, 1.807) is 6.20 Å². The van der Waals surface area contributed by atoms with Crippen LogP contribution in [0.3, 0.4) is 0 Å². The van der Waals surface area contributed by atoms with Gasteiger partial charge in [0, 0.05) is 35.4 Å². The first kappa shape index (κ1) is 14.1. The first-order valence-corrected chi connectivity index (χ1v) is 7.63. The van der Waals surface area contributed by atoms with Crippen LogP contribution >= 0.6 is 0 Å². The van der Waals surface area contributed by atoms with Crippen LogP contribution in [0.15, 0.2) is 18.5 Å². The fourth-order valence-electron chi connectivity index (χ4n) is 2.63. The summed E-state index contributed by atoms with van der Waals surface area (Å²) in [5.41, 5.74) is 5.63. The van der Waals surface area contributed by atoms with Gasteiger partial charge < -0.3 is 5.32 Å². The van der Waals surface area contributed by atoms with E-state index in [0.717, 1.165) is 47.3 Å². The van der Waals surface area contributed by atoms with Gasteiger partial charge >= 0.3 is 0 Å². The molecular weight excluding hydrogens is 260 g/mol. The Bertz CT molecular complexity index is 624. The second kappa shape index (κ2) is 5.90. The molecule has 0 saturated heterocycles. The van der Waals surface area contributed by atoms with Crippen LogP contribution in [-0.4, -0.2) is 27.5 Å². The maximum Gasteiger partial charge on any atom is 0.160 e. The van der Waals surface area contributed by atoms with Gasteiger partial charge in [0.2, 0.25) is 0 Å². The molecule has 0 unspecified atom stereocenters. The van der Waals surface area contributed by atoms with Gasteiger partial charge in [0.25, 0.3) is 0 Å². The monoisotopic (exact) mass is 282 g/mol. The summed E-state index contributed by atoms with van der Waals surface area (Å²) in [6.07, 6.45) is 7.31. The molecule has 2 aromatic heterocycles. The third-order valence-electron chi connectivity index (χ3n) is 4.07. The summed E-state index contributed by atoms with van der Waals surface area (Å²) in [5.74, 6) is 0.809. The molecule has 1 saturated carbocycles. The van der Waals surface area contributed by atoms with E-state index in [9.17, 15) is 0 Å². The molecule has 0 atom stereocenters. The molecule has 21 heavy (non-hydrogen) atoms. The lowest BCUT2D eigenvalue weighted by Gasteiger charge is -2.12. The maximum absolute atomic E-state index is 4.71. The zero-order chi connectivity index (χ0) is 14.8. The Balaban J connectivity index is 1.83. The lowest BCUT2D eigenvalue weighted by atomic mass is 10.1. The van der Waals surface area contributed by atoms with Gasteiger partial charge in [0.05, 0.1) is 0 Å². The Kier molecular flexibility index (Phi) is 3.97. The number of hydrogen-bond donors (Lipinski definition) is 1. The maximum atomic E-state index is 4.71. The van der Waals surface area contributed by atoms with Crippen LogP contribution in [0.25, 0.3) is 11.4 Å². The van der Waals surface area contributed by atoms with Crippen molar-refractivity contribution in [3.05, 3.63) is 41.0 Å². The molecule has 0 aliphatic heterocycles. The van der Waals surface area contributed by atoms with Gasteiger partial charge in [0.1, 0.15) is 0 Å². The lowest BCUT2D eigenvalue weighted by Crippen LogP contribution is -2.20. The smallest absolute Gasteiger partial charge is 0.160 e. The van der Waals surface area contributed by atoms with Crippen LogP contribution in [0.2, 0.25) is 0 Å². The third kappa shape index (κ3) is 3.27. The molecule has 2 heterocycles. The predicted molar refractivity (Wildman–Crippen MR) is 84.2 cm³/mol. The minimum atomic E-state index is 0.755. The highest BCUT2D eigenvalue weighted by molar-refractivity contribution is 5.59. The molecule has 1 fully saturated rings. The average Bonchev–Trinajstić information content (AvgIpc) is 3.26. The fraction of sp³-hybridized carbons (Fsp3) is 0.471. The number of hydrogen-bond acceptors (Lipinski definition) is 4. The Morgan fingerprint density at radius 2 is 1.86 bits per heavy atom. The predicted octanol–water partition coefficient (Wildman–Crippen LogP) is 2.76. The summed E-state index contributed by atoms with van der Waals surface area (Å²) < 4.78 is 0. The normalized spacial score (nSPS) is 14.4. The van der Waals surface area contributed by atoms with Crippen molar-refractivity contribution in [3.63, 3.8) is 0 Å². The summed E-state index contributed by atoms with van der Waals surface area (Å²) in [6.45, 7) is 7.23. The van der Waals surface area contributed by atoms with Gasteiger partial charge in [-0.2, -0.15) is 0 Å². The molecule has 0 bridgehead atoms. The number of aryl methyl sites for hydroxylation is 3. The summed E-state index contributed by atoms with van der Waals surface area (Å²) in [7, 11) is 0. The van der Waals surface area contributed by atoms with Crippen LogP contribution < -0.4 is 5.32 Å². The van der Waals surface area contributed by atoms with Crippen molar-refractivity contribution < 1.29 is 0 Å². The van der Waals surface area contributed by atoms with E-state index >= 15 is 0 Å². The van der Waals surface area contributed by atoms with E-state index < -0.39 is 0 Å². The molecular formula is C17H22N4. The summed E-state index contributed by atoms with van der Waals surface area (Å²) in [5, 5.41) is 3.55. The van der Waals surface area contributed by atoms with Crippen molar-refractivity contribution >= 4 is 0 Å². The second-order valence-electron chi connectivity index (χ2n) is 5.87. The fourth-order valence-corrected chi connectivity index (χ4v) is 2.63. The largest absolute Gasteiger partial charge is 0.314 e. The topological polar surface area (TPSA) is 50.7 Å². The van der Waals surface area contributed by atoms with Crippen molar-refractivity contribution in [1.29, 1.82) is 0 Å². The highest BCUT2D eigenvalue weighted by Gasteiger charge is 2.20. The number of nitrogens with one attached hydrogen (secondary N) is 1. The zero-order valence-electron chi connectivity index (χ0n) is 13.0. The molecule has 0 aromatic carbocycles. The molecule has 3 rings (SSSR count). The van der Waals surface area contributed by atoms with Crippen molar-refractivity contribution in [2.45, 2.75) is 46.1 Å². The van der Waals surface area contributed by atoms with Crippen molar-refractivity contribution in [2.75, 3.05) is 6.54 Å². The molecule has 0 amide bonds. The standard InChI is InChI=1S/C17H22N4/c1-11-10-18-8-6-15(11)17-20-12(2)16(13(3)21-17)7-9-19-14-4-5-14/h6,8,10,14,19H,4-5,7,9H2,1-3H3. The lowest BCUT2D eigenvalue weighted by molar-refractivity contribution is 0.675.